The summed E-state index contributed by atoms with van der Waals surface area (Å²) in [6, 6.07) is 8.39. The van der Waals surface area contributed by atoms with Crippen molar-refractivity contribution in [1.29, 1.82) is 0 Å². The van der Waals surface area contributed by atoms with Crippen molar-refractivity contribution >= 4 is 17.5 Å². The number of alkyl halides is 3. The number of halogens is 3. The van der Waals surface area contributed by atoms with E-state index in [2.05, 4.69) is 15.6 Å². The first kappa shape index (κ1) is 22.1. The fourth-order valence-electron chi connectivity index (χ4n) is 2.79. The number of hydrogen-bond donors (Lipinski definition) is 2. The number of rotatable bonds is 7. The third-order valence-electron chi connectivity index (χ3n) is 4.45. The van der Waals surface area contributed by atoms with Gasteiger partial charge in [0.15, 0.2) is 0 Å². The summed E-state index contributed by atoms with van der Waals surface area (Å²) < 4.78 is 47.4. The van der Waals surface area contributed by atoms with Crippen LogP contribution in [0.3, 0.4) is 0 Å². The van der Waals surface area contributed by atoms with Crippen LogP contribution in [0.25, 0.3) is 11.5 Å². The molecule has 0 spiro atoms. The highest BCUT2D eigenvalue weighted by Gasteiger charge is 2.28. The maximum atomic E-state index is 12.3. The molecular weight excluding hydrogens is 415 g/mol. The van der Waals surface area contributed by atoms with Gasteiger partial charge in [-0.25, -0.2) is 4.98 Å². The lowest BCUT2D eigenvalue weighted by Crippen LogP contribution is -2.24. The van der Waals surface area contributed by atoms with Gasteiger partial charge >= 0.3 is 6.18 Å². The predicted molar refractivity (Wildman–Crippen MR) is 105 cm³/mol. The van der Waals surface area contributed by atoms with E-state index in [1.807, 2.05) is 0 Å². The Bertz CT molecular complexity index is 1090. The number of nitrogens with one attached hydrogen (secondary N) is 2. The lowest BCUT2D eigenvalue weighted by atomic mass is 10.2. The molecule has 2 aromatic heterocycles. The van der Waals surface area contributed by atoms with Crippen molar-refractivity contribution < 1.29 is 31.6 Å². The van der Waals surface area contributed by atoms with Gasteiger partial charge in [0.05, 0.1) is 24.8 Å². The van der Waals surface area contributed by atoms with Gasteiger partial charge < -0.3 is 19.5 Å². The second-order valence-electron chi connectivity index (χ2n) is 6.84. The van der Waals surface area contributed by atoms with E-state index in [0.717, 1.165) is 0 Å². The Balaban J connectivity index is 1.66. The highest BCUT2D eigenvalue weighted by atomic mass is 19.4. The molecule has 164 valence electrons. The molecule has 0 atom stereocenters. The van der Waals surface area contributed by atoms with Gasteiger partial charge in [-0.1, -0.05) is 6.07 Å². The minimum atomic E-state index is -4.38. The van der Waals surface area contributed by atoms with Crippen molar-refractivity contribution in [3.05, 3.63) is 59.4 Å². The maximum absolute atomic E-state index is 12.3. The zero-order valence-corrected chi connectivity index (χ0v) is 16.8. The van der Waals surface area contributed by atoms with E-state index < -0.39 is 24.9 Å². The summed E-state index contributed by atoms with van der Waals surface area (Å²) in [5.74, 6) is 0.135. The molecule has 0 unspecified atom stereocenters. The Morgan fingerprint density at radius 1 is 1.13 bits per heavy atom. The molecule has 0 saturated heterocycles. The van der Waals surface area contributed by atoms with Crippen LogP contribution in [0.4, 0.5) is 18.9 Å². The number of amides is 2. The molecule has 2 amide bonds. The average Bonchev–Trinajstić information content (AvgIpc) is 3.30. The van der Waals surface area contributed by atoms with Crippen LogP contribution in [0, 0.1) is 13.8 Å². The SMILES string of the molecule is Cc1occc1C(=O)Nc1cccc(-c2nc(CNC(=O)CCC(F)(F)F)c(C)o2)c1. The summed E-state index contributed by atoms with van der Waals surface area (Å²) in [6.45, 7) is 3.27. The second kappa shape index (κ2) is 9.07. The number of aryl methyl sites for hydroxylation is 2. The highest BCUT2D eigenvalue weighted by Crippen LogP contribution is 2.25. The average molecular weight is 435 g/mol. The second-order valence-corrected chi connectivity index (χ2v) is 6.84. The molecule has 7 nitrogen and oxygen atoms in total. The fraction of sp³-hybridized carbons (Fsp3) is 0.286. The summed E-state index contributed by atoms with van der Waals surface area (Å²) in [6.07, 6.45) is -4.78. The molecule has 0 fully saturated rings. The standard InChI is InChI=1S/C21H20F3N3O4/c1-12-16(7-9-30-12)19(29)26-15-5-3-4-14(10-15)20-27-17(13(2)31-20)11-25-18(28)6-8-21(22,23)24/h3-5,7,9-10H,6,8,11H2,1-2H3,(H,25,28)(H,26,29). The quantitative estimate of drug-likeness (QED) is 0.558. The molecule has 2 heterocycles. The summed E-state index contributed by atoms with van der Waals surface area (Å²) >= 11 is 0. The summed E-state index contributed by atoms with van der Waals surface area (Å²) in [5.41, 5.74) is 1.92. The van der Waals surface area contributed by atoms with Crippen molar-refractivity contribution in [2.24, 2.45) is 0 Å². The van der Waals surface area contributed by atoms with Gasteiger partial charge in [-0.2, -0.15) is 13.2 Å². The third-order valence-corrected chi connectivity index (χ3v) is 4.45. The number of aromatic nitrogens is 1. The van der Waals surface area contributed by atoms with E-state index >= 15 is 0 Å². The number of carbonyl (C=O) groups excluding carboxylic acids is 2. The largest absolute Gasteiger partial charge is 0.469 e. The molecule has 0 saturated carbocycles. The van der Waals surface area contributed by atoms with Crippen molar-refractivity contribution in [2.75, 3.05) is 5.32 Å². The van der Waals surface area contributed by atoms with Gasteiger partial charge in [-0.05, 0) is 38.1 Å². The summed E-state index contributed by atoms with van der Waals surface area (Å²) in [7, 11) is 0. The molecule has 3 aromatic rings. The van der Waals surface area contributed by atoms with E-state index in [0.29, 0.717) is 34.0 Å². The number of furan rings is 1. The van der Waals surface area contributed by atoms with E-state index in [9.17, 15) is 22.8 Å². The van der Waals surface area contributed by atoms with Gasteiger partial charge in [0.25, 0.3) is 5.91 Å². The van der Waals surface area contributed by atoms with Gasteiger partial charge in [0.2, 0.25) is 11.8 Å². The Hall–Kier alpha value is -3.56. The van der Waals surface area contributed by atoms with Crippen LogP contribution >= 0.6 is 0 Å². The lowest BCUT2D eigenvalue weighted by molar-refractivity contribution is -0.144. The Morgan fingerprint density at radius 3 is 2.58 bits per heavy atom. The van der Waals surface area contributed by atoms with E-state index in [1.165, 1.54) is 6.26 Å². The smallest absolute Gasteiger partial charge is 0.389 e. The predicted octanol–water partition coefficient (Wildman–Crippen LogP) is 4.76. The normalized spacial score (nSPS) is 11.4. The molecule has 0 radical (unpaired) electrons. The molecule has 31 heavy (non-hydrogen) atoms. The van der Waals surface area contributed by atoms with E-state index in [4.69, 9.17) is 8.83 Å². The first-order valence-electron chi connectivity index (χ1n) is 9.38. The van der Waals surface area contributed by atoms with Crippen LogP contribution in [0.15, 0.2) is 45.4 Å². The van der Waals surface area contributed by atoms with Crippen LogP contribution < -0.4 is 10.6 Å². The van der Waals surface area contributed by atoms with Crippen LogP contribution in [-0.4, -0.2) is 23.0 Å². The van der Waals surface area contributed by atoms with Crippen molar-refractivity contribution in [2.45, 2.75) is 39.4 Å². The van der Waals surface area contributed by atoms with Crippen LogP contribution in [0.2, 0.25) is 0 Å². The number of nitrogens with zero attached hydrogens (tertiary/aromatic N) is 1. The lowest BCUT2D eigenvalue weighted by Gasteiger charge is -2.06. The minimum Gasteiger partial charge on any atom is -0.469 e. The van der Waals surface area contributed by atoms with Crippen molar-refractivity contribution in [1.82, 2.24) is 10.3 Å². The Labute approximate surface area is 175 Å². The minimum absolute atomic E-state index is 0.0534. The number of hydrogen-bond acceptors (Lipinski definition) is 5. The zero-order chi connectivity index (χ0) is 22.6. The molecular formula is C21H20F3N3O4. The topological polar surface area (TPSA) is 97.4 Å². The van der Waals surface area contributed by atoms with Crippen LogP contribution in [0.1, 0.15) is 40.4 Å². The maximum Gasteiger partial charge on any atom is 0.389 e. The molecule has 3 rings (SSSR count). The Morgan fingerprint density at radius 2 is 1.90 bits per heavy atom. The molecule has 10 heteroatoms. The molecule has 1 aromatic carbocycles. The number of benzene rings is 1. The molecule has 0 aliphatic heterocycles. The number of oxazole rings is 1. The van der Waals surface area contributed by atoms with Crippen LogP contribution in [0.5, 0.6) is 0 Å². The fourth-order valence-corrected chi connectivity index (χ4v) is 2.79. The first-order chi connectivity index (χ1) is 14.6. The summed E-state index contributed by atoms with van der Waals surface area (Å²) in [4.78, 5) is 28.3. The van der Waals surface area contributed by atoms with Crippen molar-refractivity contribution in [3.8, 4) is 11.5 Å². The Kier molecular flexibility index (Phi) is 6.47. The zero-order valence-electron chi connectivity index (χ0n) is 16.8. The molecule has 0 aliphatic rings. The van der Waals surface area contributed by atoms with Gasteiger partial charge in [-0.3, -0.25) is 9.59 Å². The van der Waals surface area contributed by atoms with E-state index in [1.54, 1.807) is 44.2 Å². The number of anilines is 1. The molecule has 0 bridgehead atoms. The van der Waals surface area contributed by atoms with Gasteiger partial charge in [-0.15, -0.1) is 0 Å². The van der Waals surface area contributed by atoms with E-state index in [-0.39, 0.29) is 18.3 Å². The third kappa shape index (κ3) is 5.97. The molecule has 0 aliphatic carbocycles. The summed E-state index contributed by atoms with van der Waals surface area (Å²) in [5, 5.41) is 5.17. The molecule has 2 N–H and O–H groups in total. The number of carbonyl (C=O) groups is 2. The van der Waals surface area contributed by atoms with Gasteiger partial charge in [0, 0.05) is 17.7 Å². The van der Waals surface area contributed by atoms with Crippen molar-refractivity contribution in [3.63, 3.8) is 0 Å². The van der Waals surface area contributed by atoms with Crippen LogP contribution in [-0.2, 0) is 11.3 Å². The first-order valence-corrected chi connectivity index (χ1v) is 9.38. The van der Waals surface area contributed by atoms with Gasteiger partial charge in [0.1, 0.15) is 17.2 Å². The highest BCUT2D eigenvalue weighted by molar-refractivity contribution is 6.05. The monoisotopic (exact) mass is 435 g/mol.